The number of carbonyl (C=O) groups is 2. The second kappa shape index (κ2) is 11.7. The van der Waals surface area contributed by atoms with Gasteiger partial charge in [0.2, 0.25) is 5.91 Å². The van der Waals surface area contributed by atoms with Crippen LogP contribution in [-0.2, 0) is 32.2 Å². The van der Waals surface area contributed by atoms with E-state index in [-0.39, 0.29) is 12.5 Å². The molecule has 30 heavy (non-hydrogen) atoms. The van der Waals surface area contributed by atoms with Gasteiger partial charge in [0.05, 0.1) is 13.2 Å². The number of benzene rings is 2. The van der Waals surface area contributed by atoms with Gasteiger partial charge >= 0.3 is 5.97 Å². The molecule has 2 aromatic carbocycles. The summed E-state index contributed by atoms with van der Waals surface area (Å²) in [6, 6.07) is 19.4. The first-order chi connectivity index (χ1) is 14.3. The molecular weight excluding hydrogens is 378 g/mol. The molecule has 1 amide bonds. The lowest BCUT2D eigenvalue weighted by Gasteiger charge is -2.17. The zero-order valence-electron chi connectivity index (χ0n) is 17.8. The third kappa shape index (κ3) is 9.34. The van der Waals surface area contributed by atoms with Gasteiger partial charge in [-0.2, -0.15) is 0 Å². The van der Waals surface area contributed by atoms with Crippen LogP contribution in [0.1, 0.15) is 31.9 Å². The molecule has 5 nitrogen and oxygen atoms in total. The molecule has 0 saturated carbocycles. The van der Waals surface area contributed by atoms with E-state index in [2.05, 4.69) is 5.32 Å². The van der Waals surface area contributed by atoms with Crippen molar-refractivity contribution in [2.24, 2.45) is 0 Å². The zero-order valence-corrected chi connectivity index (χ0v) is 17.8. The summed E-state index contributed by atoms with van der Waals surface area (Å²) in [6.45, 7) is 6.32. The molecule has 1 N–H and O–H groups in total. The molecule has 0 spiro atoms. The standard InChI is InChI=1S/C25H29NO4/c1-25(2,3)30-23(27)16-10-15-22(19-29-18-21-13-8-5-9-14-21)24(28)26-17-20-11-6-4-7-12-20/h4-16H,17-19H2,1-3H3,(H,26,28)/b16-10+,22-15-. The van der Waals surface area contributed by atoms with Gasteiger partial charge in [-0.25, -0.2) is 4.79 Å². The first-order valence-electron chi connectivity index (χ1n) is 9.87. The van der Waals surface area contributed by atoms with Crippen molar-refractivity contribution in [3.05, 3.63) is 95.6 Å². The summed E-state index contributed by atoms with van der Waals surface area (Å²) in [4.78, 5) is 24.5. The molecule has 0 fully saturated rings. The van der Waals surface area contributed by atoms with Crippen LogP contribution in [0.25, 0.3) is 0 Å². The number of amides is 1. The first-order valence-corrected chi connectivity index (χ1v) is 9.87. The largest absolute Gasteiger partial charge is 0.457 e. The van der Waals surface area contributed by atoms with Crippen LogP contribution in [0.3, 0.4) is 0 Å². The van der Waals surface area contributed by atoms with Gasteiger partial charge in [-0.3, -0.25) is 4.79 Å². The normalized spacial score (nSPS) is 12.0. The van der Waals surface area contributed by atoms with E-state index < -0.39 is 11.6 Å². The van der Waals surface area contributed by atoms with E-state index in [0.717, 1.165) is 11.1 Å². The predicted octanol–water partition coefficient (Wildman–Crippen LogP) is 4.34. The lowest BCUT2D eigenvalue weighted by atomic mass is 10.2. The molecule has 2 rings (SSSR count). The Morgan fingerprint density at radius 1 is 0.933 bits per heavy atom. The molecule has 158 valence electrons. The van der Waals surface area contributed by atoms with E-state index >= 15 is 0 Å². The minimum atomic E-state index is -0.570. The van der Waals surface area contributed by atoms with Crippen molar-refractivity contribution in [1.82, 2.24) is 5.32 Å². The Kier molecular flexibility index (Phi) is 9.03. The topological polar surface area (TPSA) is 64.6 Å². The van der Waals surface area contributed by atoms with Crippen molar-refractivity contribution in [3.63, 3.8) is 0 Å². The molecule has 0 aliphatic heterocycles. The van der Waals surface area contributed by atoms with Crippen molar-refractivity contribution in [2.75, 3.05) is 6.61 Å². The average molecular weight is 408 g/mol. The van der Waals surface area contributed by atoms with Crippen LogP contribution >= 0.6 is 0 Å². The molecule has 5 heteroatoms. The number of carbonyl (C=O) groups excluding carboxylic acids is 2. The Balaban J connectivity index is 2.00. The molecule has 0 bridgehead atoms. The van der Waals surface area contributed by atoms with Crippen LogP contribution in [0, 0.1) is 0 Å². The van der Waals surface area contributed by atoms with E-state index in [4.69, 9.17) is 9.47 Å². The van der Waals surface area contributed by atoms with Gasteiger partial charge in [0, 0.05) is 18.2 Å². The maximum Gasteiger partial charge on any atom is 0.331 e. The summed E-state index contributed by atoms with van der Waals surface area (Å²) >= 11 is 0. The molecule has 0 unspecified atom stereocenters. The summed E-state index contributed by atoms with van der Waals surface area (Å²) in [6.07, 6.45) is 4.39. The van der Waals surface area contributed by atoms with Gasteiger partial charge in [-0.05, 0) is 31.9 Å². The van der Waals surface area contributed by atoms with Crippen LogP contribution < -0.4 is 5.32 Å². The van der Waals surface area contributed by atoms with Gasteiger partial charge in [-0.15, -0.1) is 0 Å². The molecule has 0 aliphatic rings. The molecule has 0 heterocycles. The highest BCUT2D eigenvalue weighted by Gasteiger charge is 2.14. The number of hydrogen-bond donors (Lipinski definition) is 1. The summed E-state index contributed by atoms with van der Waals surface area (Å²) in [5, 5.41) is 2.89. The predicted molar refractivity (Wildman–Crippen MR) is 117 cm³/mol. The second-order valence-corrected chi connectivity index (χ2v) is 7.73. The van der Waals surface area contributed by atoms with Crippen molar-refractivity contribution < 1.29 is 19.1 Å². The molecule has 0 aliphatic carbocycles. The van der Waals surface area contributed by atoms with Crippen molar-refractivity contribution >= 4 is 11.9 Å². The SMILES string of the molecule is CC(C)(C)OC(=O)/C=C/C=C(/COCc1ccccc1)C(=O)NCc1ccccc1. The van der Waals surface area contributed by atoms with Crippen molar-refractivity contribution in [3.8, 4) is 0 Å². The number of allylic oxidation sites excluding steroid dienone is 2. The Morgan fingerprint density at radius 2 is 1.53 bits per heavy atom. The minimum absolute atomic E-state index is 0.119. The Morgan fingerprint density at radius 3 is 2.13 bits per heavy atom. The fourth-order valence-electron chi connectivity index (χ4n) is 2.51. The van der Waals surface area contributed by atoms with Gasteiger partial charge < -0.3 is 14.8 Å². The third-order valence-electron chi connectivity index (χ3n) is 3.89. The smallest absolute Gasteiger partial charge is 0.331 e. The number of ether oxygens (including phenoxy) is 2. The number of esters is 1. The Bertz CT molecular complexity index is 865. The molecule has 0 atom stereocenters. The summed E-state index contributed by atoms with van der Waals surface area (Å²) in [7, 11) is 0. The summed E-state index contributed by atoms with van der Waals surface area (Å²) < 4.78 is 11.0. The van der Waals surface area contributed by atoms with Crippen LogP contribution in [0.15, 0.2) is 84.5 Å². The van der Waals surface area contributed by atoms with Crippen LogP contribution in [0.5, 0.6) is 0 Å². The zero-order chi connectivity index (χ0) is 21.8. The average Bonchev–Trinajstić information content (AvgIpc) is 2.71. The van der Waals surface area contributed by atoms with Crippen molar-refractivity contribution in [2.45, 2.75) is 39.5 Å². The van der Waals surface area contributed by atoms with Gasteiger partial charge in [0.1, 0.15) is 5.60 Å². The van der Waals surface area contributed by atoms with Crippen LogP contribution in [0.2, 0.25) is 0 Å². The molecule has 0 radical (unpaired) electrons. The van der Waals surface area contributed by atoms with Gasteiger partial charge in [-0.1, -0.05) is 72.8 Å². The molecular formula is C25H29NO4. The highest BCUT2D eigenvalue weighted by molar-refractivity contribution is 5.94. The lowest BCUT2D eigenvalue weighted by Crippen LogP contribution is -2.26. The van der Waals surface area contributed by atoms with E-state index in [1.165, 1.54) is 12.2 Å². The molecule has 2 aromatic rings. The summed E-state index contributed by atoms with van der Waals surface area (Å²) in [5.41, 5.74) is 1.87. The second-order valence-electron chi connectivity index (χ2n) is 7.73. The minimum Gasteiger partial charge on any atom is -0.457 e. The number of nitrogens with one attached hydrogen (secondary N) is 1. The maximum atomic E-state index is 12.7. The fraction of sp³-hybridized carbons (Fsp3) is 0.280. The van der Waals surface area contributed by atoms with Crippen LogP contribution in [0.4, 0.5) is 0 Å². The first kappa shape index (κ1) is 23.1. The quantitative estimate of drug-likeness (QED) is 0.381. The highest BCUT2D eigenvalue weighted by Crippen LogP contribution is 2.08. The maximum absolute atomic E-state index is 12.7. The van der Waals surface area contributed by atoms with Crippen LogP contribution in [-0.4, -0.2) is 24.1 Å². The Labute approximate surface area is 178 Å². The van der Waals surface area contributed by atoms with Gasteiger partial charge in [0.25, 0.3) is 0 Å². The van der Waals surface area contributed by atoms with E-state index in [1.807, 2.05) is 60.7 Å². The van der Waals surface area contributed by atoms with E-state index in [1.54, 1.807) is 26.8 Å². The number of rotatable bonds is 9. The summed E-state index contributed by atoms with van der Waals surface area (Å²) in [5.74, 6) is -0.714. The van der Waals surface area contributed by atoms with Gasteiger partial charge in [0.15, 0.2) is 0 Å². The Hall–Kier alpha value is -3.18. The fourth-order valence-corrected chi connectivity index (χ4v) is 2.51. The number of hydrogen-bond acceptors (Lipinski definition) is 4. The highest BCUT2D eigenvalue weighted by atomic mass is 16.6. The monoisotopic (exact) mass is 407 g/mol. The molecule has 0 saturated heterocycles. The van der Waals surface area contributed by atoms with E-state index in [9.17, 15) is 9.59 Å². The third-order valence-corrected chi connectivity index (χ3v) is 3.89. The van der Waals surface area contributed by atoms with Crippen molar-refractivity contribution in [1.29, 1.82) is 0 Å². The van der Waals surface area contributed by atoms with E-state index in [0.29, 0.717) is 18.7 Å². The lowest BCUT2D eigenvalue weighted by molar-refractivity contribution is -0.148. The molecule has 0 aromatic heterocycles.